The lowest BCUT2D eigenvalue weighted by molar-refractivity contribution is -0.343. The van der Waals surface area contributed by atoms with Gasteiger partial charge in [-0.2, -0.15) is 26.3 Å². The SMILES string of the molecule is C=C1/C(=C\C=C2/CCC[C@@]3(C)C2CC[C@@H]3[C@@](C)(CC#CC(O)(C(F)(F)F)C(F)(F)F)CCCC(C)(C)O)CC(O)C[C@@H]1F. The van der Waals surface area contributed by atoms with E-state index in [9.17, 15) is 46.1 Å². The molecular formula is C33H45F7O3. The van der Waals surface area contributed by atoms with Crippen molar-refractivity contribution in [1.29, 1.82) is 0 Å². The summed E-state index contributed by atoms with van der Waals surface area (Å²) in [5.41, 5.74) is -5.05. The maximum Gasteiger partial charge on any atom is 0.438 e. The summed E-state index contributed by atoms with van der Waals surface area (Å²) in [5.74, 6) is 3.28. The van der Waals surface area contributed by atoms with Crippen LogP contribution in [0, 0.1) is 34.5 Å². The molecule has 6 atom stereocenters. The van der Waals surface area contributed by atoms with E-state index in [0.29, 0.717) is 43.3 Å². The van der Waals surface area contributed by atoms with Gasteiger partial charge in [0.15, 0.2) is 0 Å². The van der Waals surface area contributed by atoms with Gasteiger partial charge < -0.3 is 15.3 Å². The van der Waals surface area contributed by atoms with Gasteiger partial charge in [-0.25, -0.2) is 4.39 Å². The highest BCUT2D eigenvalue weighted by molar-refractivity contribution is 5.39. The number of fused-ring (bicyclic) bond motifs is 1. The molecule has 3 rings (SSSR count). The van der Waals surface area contributed by atoms with Crippen LogP contribution in [0.2, 0.25) is 0 Å². The Hall–Kier alpha value is -1.83. The van der Waals surface area contributed by atoms with Crippen molar-refractivity contribution in [1.82, 2.24) is 0 Å². The molecule has 0 radical (unpaired) electrons. The Balaban J connectivity index is 1.95. The summed E-state index contributed by atoms with van der Waals surface area (Å²) in [6.45, 7) is 11.1. The average molecular weight is 623 g/mol. The second kappa shape index (κ2) is 12.5. The van der Waals surface area contributed by atoms with Gasteiger partial charge in [-0.3, -0.25) is 0 Å². The standard InChI is InChI=1S/C33H45F7O3/c1-21-23(19-24(41)20-26(21)34)11-10-22-9-6-17-30(5)25(22)12-13-27(30)29(4,15-7-14-28(2,3)42)16-8-18-31(43,32(35,36)37)33(38,39)40/h10-11,24-27,41-43H,1,6-7,9,12-17,19-20H2,2-5H3/b22-10+,23-11-/t24?,25?,26-,27+,29+,30-/m0/s1. The zero-order valence-electron chi connectivity index (χ0n) is 25.4. The lowest BCUT2D eigenvalue weighted by Gasteiger charge is -2.49. The number of hydrogen-bond donors (Lipinski definition) is 3. The molecule has 43 heavy (non-hydrogen) atoms. The first-order valence-electron chi connectivity index (χ1n) is 15.0. The lowest BCUT2D eigenvalue weighted by Crippen LogP contribution is -2.55. The topological polar surface area (TPSA) is 60.7 Å². The van der Waals surface area contributed by atoms with E-state index in [0.717, 1.165) is 37.2 Å². The second-order valence-corrected chi connectivity index (χ2v) is 14.1. The summed E-state index contributed by atoms with van der Waals surface area (Å²) < 4.78 is 94.1. The summed E-state index contributed by atoms with van der Waals surface area (Å²) in [4.78, 5) is 0. The molecule has 3 aliphatic carbocycles. The summed E-state index contributed by atoms with van der Waals surface area (Å²) in [5, 5.41) is 29.9. The molecule has 244 valence electrons. The summed E-state index contributed by atoms with van der Waals surface area (Å²) in [6.07, 6.45) is -5.02. The first-order chi connectivity index (χ1) is 19.5. The number of allylic oxidation sites excluding steroid dienone is 4. The van der Waals surface area contributed by atoms with E-state index in [-0.39, 0.29) is 30.1 Å². The Bertz CT molecular complexity index is 1140. The molecule has 10 heteroatoms. The van der Waals surface area contributed by atoms with Gasteiger partial charge in [0.1, 0.15) is 6.17 Å². The normalized spacial score (nSPS) is 32.4. The first-order valence-corrected chi connectivity index (χ1v) is 15.0. The number of halogens is 7. The predicted octanol–water partition coefficient (Wildman–Crippen LogP) is 8.30. The van der Waals surface area contributed by atoms with Crippen molar-refractivity contribution in [2.45, 2.75) is 134 Å². The first kappa shape index (κ1) is 35.6. The minimum absolute atomic E-state index is 0.0212. The van der Waals surface area contributed by atoms with Gasteiger partial charge in [-0.15, -0.1) is 0 Å². The van der Waals surface area contributed by atoms with Crippen LogP contribution in [0.15, 0.2) is 35.5 Å². The van der Waals surface area contributed by atoms with Gasteiger partial charge in [0.05, 0.1) is 11.7 Å². The van der Waals surface area contributed by atoms with E-state index in [1.54, 1.807) is 13.8 Å². The van der Waals surface area contributed by atoms with Crippen molar-refractivity contribution in [3.05, 3.63) is 35.5 Å². The van der Waals surface area contributed by atoms with Crippen LogP contribution in [0.4, 0.5) is 30.7 Å². The molecule has 0 heterocycles. The van der Waals surface area contributed by atoms with E-state index in [4.69, 9.17) is 0 Å². The van der Waals surface area contributed by atoms with Crippen LogP contribution in [0.25, 0.3) is 0 Å². The zero-order chi connectivity index (χ0) is 32.6. The molecule has 0 aromatic heterocycles. The van der Waals surface area contributed by atoms with Gasteiger partial charge in [-0.05, 0) is 105 Å². The van der Waals surface area contributed by atoms with Crippen LogP contribution >= 0.6 is 0 Å². The van der Waals surface area contributed by atoms with Crippen molar-refractivity contribution in [3.8, 4) is 11.8 Å². The number of aliphatic hydroxyl groups is 3. The second-order valence-electron chi connectivity index (χ2n) is 14.1. The molecule has 0 saturated heterocycles. The average Bonchev–Trinajstić information content (AvgIpc) is 3.21. The Kier molecular flexibility index (Phi) is 10.4. The molecule has 0 aromatic rings. The lowest BCUT2D eigenvalue weighted by atomic mass is 9.55. The van der Waals surface area contributed by atoms with Gasteiger partial charge in [0.25, 0.3) is 0 Å². The van der Waals surface area contributed by atoms with E-state index in [1.807, 2.05) is 19.1 Å². The molecule has 3 fully saturated rings. The largest absolute Gasteiger partial charge is 0.438 e. The summed E-state index contributed by atoms with van der Waals surface area (Å²) >= 11 is 0. The minimum Gasteiger partial charge on any atom is -0.393 e. The van der Waals surface area contributed by atoms with Crippen molar-refractivity contribution in [3.63, 3.8) is 0 Å². The summed E-state index contributed by atoms with van der Waals surface area (Å²) in [6, 6.07) is 0. The van der Waals surface area contributed by atoms with E-state index < -0.39 is 41.2 Å². The Labute approximate surface area is 250 Å². The molecule has 0 amide bonds. The fraction of sp³-hybridized carbons (Fsp3) is 0.758. The third-order valence-corrected chi connectivity index (χ3v) is 10.1. The van der Waals surface area contributed by atoms with Gasteiger partial charge >= 0.3 is 18.0 Å². The van der Waals surface area contributed by atoms with Gasteiger partial charge in [0, 0.05) is 12.8 Å². The monoisotopic (exact) mass is 622 g/mol. The maximum absolute atomic E-state index is 14.3. The van der Waals surface area contributed by atoms with E-state index in [2.05, 4.69) is 19.4 Å². The molecule has 0 spiro atoms. The van der Waals surface area contributed by atoms with Crippen molar-refractivity contribution >= 4 is 0 Å². The highest BCUT2D eigenvalue weighted by Gasteiger charge is 2.70. The number of alkyl halides is 7. The van der Waals surface area contributed by atoms with Crippen molar-refractivity contribution < 1.29 is 46.1 Å². The highest BCUT2D eigenvalue weighted by atomic mass is 19.4. The fourth-order valence-corrected chi connectivity index (χ4v) is 7.81. The molecule has 3 aliphatic rings. The molecule has 0 bridgehead atoms. The van der Waals surface area contributed by atoms with Crippen molar-refractivity contribution in [2.75, 3.05) is 0 Å². The minimum atomic E-state index is -6.01. The Morgan fingerprint density at radius 3 is 2.21 bits per heavy atom. The molecule has 3 saturated carbocycles. The number of hydrogen-bond acceptors (Lipinski definition) is 3. The fourth-order valence-electron chi connectivity index (χ4n) is 7.81. The van der Waals surface area contributed by atoms with Crippen LogP contribution in [-0.4, -0.2) is 51.1 Å². The molecule has 3 N–H and O–H groups in total. The molecule has 3 nitrogen and oxygen atoms in total. The van der Waals surface area contributed by atoms with E-state index >= 15 is 0 Å². The third-order valence-electron chi connectivity index (χ3n) is 10.1. The Morgan fingerprint density at radius 2 is 1.63 bits per heavy atom. The van der Waals surface area contributed by atoms with Gasteiger partial charge in [0.2, 0.25) is 0 Å². The van der Waals surface area contributed by atoms with Crippen LogP contribution in [-0.2, 0) is 0 Å². The zero-order valence-corrected chi connectivity index (χ0v) is 25.4. The molecule has 0 aromatic carbocycles. The smallest absolute Gasteiger partial charge is 0.393 e. The van der Waals surface area contributed by atoms with Crippen LogP contribution in [0.3, 0.4) is 0 Å². The Morgan fingerprint density at radius 1 is 1.00 bits per heavy atom. The third kappa shape index (κ3) is 7.70. The number of aliphatic hydroxyl groups excluding tert-OH is 1. The molecular weight excluding hydrogens is 577 g/mol. The van der Waals surface area contributed by atoms with E-state index in [1.165, 1.54) is 0 Å². The summed E-state index contributed by atoms with van der Waals surface area (Å²) in [7, 11) is 0. The van der Waals surface area contributed by atoms with Crippen molar-refractivity contribution in [2.24, 2.45) is 22.7 Å². The molecule has 2 unspecified atom stereocenters. The molecule has 0 aliphatic heterocycles. The highest BCUT2D eigenvalue weighted by Crippen LogP contribution is 2.63. The van der Waals surface area contributed by atoms with Crippen LogP contribution in [0.5, 0.6) is 0 Å². The quantitative estimate of drug-likeness (QED) is 0.198. The van der Waals surface area contributed by atoms with Crippen LogP contribution < -0.4 is 0 Å². The predicted molar refractivity (Wildman–Crippen MR) is 151 cm³/mol. The number of rotatable bonds is 7. The maximum atomic E-state index is 14.3. The van der Waals surface area contributed by atoms with Gasteiger partial charge in [-0.1, -0.05) is 50.5 Å². The van der Waals surface area contributed by atoms with Crippen LogP contribution in [0.1, 0.15) is 98.3 Å².